The minimum Gasteiger partial charge on any atom is -0.300 e. The SMILES string of the molecule is CC(=O)CC(C)(C#N)c1cc(C)cc(C)c1. The van der Waals surface area contributed by atoms with Gasteiger partial charge in [-0.2, -0.15) is 5.26 Å². The average Bonchev–Trinajstić information content (AvgIpc) is 2.15. The zero-order valence-electron chi connectivity index (χ0n) is 10.3. The Morgan fingerprint density at radius 3 is 2.19 bits per heavy atom. The summed E-state index contributed by atoms with van der Waals surface area (Å²) < 4.78 is 0. The van der Waals surface area contributed by atoms with Crippen LogP contribution in [0, 0.1) is 25.2 Å². The molecule has 0 aliphatic heterocycles. The van der Waals surface area contributed by atoms with E-state index in [2.05, 4.69) is 12.1 Å². The largest absolute Gasteiger partial charge is 0.300 e. The van der Waals surface area contributed by atoms with Gasteiger partial charge in [-0.1, -0.05) is 29.3 Å². The molecule has 0 aliphatic carbocycles. The number of Topliss-reactive ketones (excluding diaryl/α,β-unsaturated/α-hetero) is 1. The van der Waals surface area contributed by atoms with Crippen LogP contribution in [0.1, 0.15) is 37.0 Å². The summed E-state index contributed by atoms with van der Waals surface area (Å²) >= 11 is 0. The van der Waals surface area contributed by atoms with Gasteiger partial charge in [-0.25, -0.2) is 0 Å². The predicted octanol–water partition coefficient (Wildman–Crippen LogP) is 3.06. The first kappa shape index (κ1) is 12.4. The Morgan fingerprint density at radius 2 is 1.81 bits per heavy atom. The Balaban J connectivity index is 3.23. The smallest absolute Gasteiger partial charge is 0.131 e. The van der Waals surface area contributed by atoms with Crippen LogP contribution in [0.2, 0.25) is 0 Å². The van der Waals surface area contributed by atoms with Crippen LogP contribution in [0.4, 0.5) is 0 Å². The summed E-state index contributed by atoms with van der Waals surface area (Å²) in [7, 11) is 0. The second kappa shape index (κ2) is 4.49. The van der Waals surface area contributed by atoms with Crippen molar-refractivity contribution in [1.29, 1.82) is 5.26 Å². The zero-order valence-corrected chi connectivity index (χ0v) is 10.3. The number of nitrogens with zero attached hydrogens (tertiary/aromatic N) is 1. The van der Waals surface area contributed by atoms with Gasteiger partial charge in [-0.05, 0) is 33.3 Å². The van der Waals surface area contributed by atoms with Gasteiger partial charge in [0, 0.05) is 6.42 Å². The van der Waals surface area contributed by atoms with Crippen LogP contribution in [0.3, 0.4) is 0 Å². The van der Waals surface area contributed by atoms with Gasteiger partial charge in [0.1, 0.15) is 5.78 Å². The lowest BCUT2D eigenvalue weighted by molar-refractivity contribution is -0.117. The van der Waals surface area contributed by atoms with Crippen molar-refractivity contribution in [3.63, 3.8) is 0 Å². The van der Waals surface area contributed by atoms with Gasteiger partial charge >= 0.3 is 0 Å². The number of carbonyl (C=O) groups excluding carboxylic acids is 1. The van der Waals surface area contributed by atoms with Gasteiger partial charge in [-0.3, -0.25) is 4.79 Å². The van der Waals surface area contributed by atoms with E-state index in [1.54, 1.807) is 0 Å². The van der Waals surface area contributed by atoms with E-state index >= 15 is 0 Å². The molecule has 1 atom stereocenters. The lowest BCUT2D eigenvalue weighted by atomic mass is 9.79. The molecule has 0 saturated heterocycles. The van der Waals surface area contributed by atoms with Gasteiger partial charge in [0.15, 0.2) is 0 Å². The van der Waals surface area contributed by atoms with Crippen molar-refractivity contribution < 1.29 is 4.79 Å². The Kier molecular flexibility index (Phi) is 3.49. The van der Waals surface area contributed by atoms with E-state index in [-0.39, 0.29) is 12.2 Å². The quantitative estimate of drug-likeness (QED) is 0.777. The second-order valence-electron chi connectivity index (χ2n) is 4.70. The molecule has 84 valence electrons. The molecule has 0 amide bonds. The Bertz CT molecular complexity index is 436. The van der Waals surface area contributed by atoms with E-state index in [9.17, 15) is 10.1 Å². The molecule has 0 N–H and O–H groups in total. The summed E-state index contributed by atoms with van der Waals surface area (Å²) in [5.41, 5.74) is 2.48. The highest BCUT2D eigenvalue weighted by atomic mass is 16.1. The highest BCUT2D eigenvalue weighted by Gasteiger charge is 2.28. The first-order chi connectivity index (χ1) is 7.37. The molecule has 1 aromatic rings. The van der Waals surface area contributed by atoms with Crippen LogP contribution >= 0.6 is 0 Å². The standard InChI is InChI=1S/C14H17NO/c1-10-5-11(2)7-13(6-10)14(4,9-15)8-12(3)16/h5-7H,8H2,1-4H3. The fourth-order valence-corrected chi connectivity index (χ4v) is 2.00. The summed E-state index contributed by atoms with van der Waals surface area (Å²) in [6, 6.07) is 8.29. The van der Waals surface area contributed by atoms with Crippen LogP contribution in [-0.2, 0) is 10.2 Å². The summed E-state index contributed by atoms with van der Waals surface area (Å²) in [4.78, 5) is 11.2. The predicted molar refractivity (Wildman–Crippen MR) is 64.2 cm³/mol. The molecular formula is C14H17NO. The van der Waals surface area contributed by atoms with Crippen molar-refractivity contribution in [3.05, 3.63) is 34.9 Å². The Morgan fingerprint density at radius 1 is 1.31 bits per heavy atom. The van der Waals surface area contributed by atoms with Crippen molar-refractivity contribution in [2.45, 2.75) is 39.5 Å². The summed E-state index contributed by atoms with van der Waals surface area (Å²) in [5.74, 6) is 0.0446. The Labute approximate surface area is 96.9 Å². The lowest BCUT2D eigenvalue weighted by Crippen LogP contribution is -2.23. The molecule has 2 heteroatoms. The molecule has 0 spiro atoms. The van der Waals surface area contributed by atoms with Crippen molar-refractivity contribution in [2.75, 3.05) is 0 Å². The van der Waals surface area contributed by atoms with Crippen molar-refractivity contribution in [3.8, 4) is 6.07 Å². The van der Waals surface area contributed by atoms with Gasteiger partial charge in [0.05, 0.1) is 11.5 Å². The summed E-state index contributed by atoms with van der Waals surface area (Å²) in [6.45, 7) is 7.35. The lowest BCUT2D eigenvalue weighted by Gasteiger charge is -2.21. The van der Waals surface area contributed by atoms with Crippen molar-refractivity contribution in [2.24, 2.45) is 0 Å². The first-order valence-electron chi connectivity index (χ1n) is 5.37. The maximum Gasteiger partial charge on any atom is 0.131 e. The van der Waals surface area contributed by atoms with E-state index in [0.717, 1.165) is 16.7 Å². The summed E-state index contributed by atoms with van der Waals surface area (Å²) in [6.07, 6.45) is 0.270. The third-order valence-electron chi connectivity index (χ3n) is 2.71. The number of rotatable bonds is 3. The van der Waals surface area contributed by atoms with Crippen LogP contribution in [0.5, 0.6) is 0 Å². The normalized spacial score (nSPS) is 13.9. The molecule has 0 heterocycles. The number of aryl methyl sites for hydroxylation is 2. The molecule has 1 rings (SSSR count). The minimum atomic E-state index is -0.706. The number of benzene rings is 1. The third kappa shape index (κ3) is 2.70. The highest BCUT2D eigenvalue weighted by Crippen LogP contribution is 2.28. The molecule has 0 aromatic heterocycles. The third-order valence-corrected chi connectivity index (χ3v) is 2.71. The number of carbonyl (C=O) groups is 1. The van der Waals surface area contributed by atoms with Gasteiger partial charge in [0.2, 0.25) is 0 Å². The molecule has 0 radical (unpaired) electrons. The highest BCUT2D eigenvalue weighted by molar-refractivity contribution is 5.77. The zero-order chi connectivity index (χ0) is 12.3. The van der Waals surface area contributed by atoms with Crippen molar-refractivity contribution >= 4 is 5.78 Å². The van der Waals surface area contributed by atoms with Gasteiger partial charge < -0.3 is 0 Å². The molecule has 0 aliphatic rings. The van der Waals surface area contributed by atoms with Crippen molar-refractivity contribution in [1.82, 2.24) is 0 Å². The average molecular weight is 215 g/mol. The number of ketones is 1. The van der Waals surface area contributed by atoms with Gasteiger partial charge in [-0.15, -0.1) is 0 Å². The van der Waals surface area contributed by atoms with Crippen LogP contribution in [0.15, 0.2) is 18.2 Å². The van der Waals surface area contributed by atoms with E-state index in [0.29, 0.717) is 0 Å². The number of hydrogen-bond acceptors (Lipinski definition) is 2. The fourth-order valence-electron chi connectivity index (χ4n) is 2.00. The van der Waals surface area contributed by atoms with E-state index in [1.807, 2.05) is 32.9 Å². The molecule has 1 aromatic carbocycles. The van der Waals surface area contributed by atoms with E-state index < -0.39 is 5.41 Å². The molecule has 0 saturated carbocycles. The first-order valence-corrected chi connectivity index (χ1v) is 5.37. The Hall–Kier alpha value is -1.62. The van der Waals surface area contributed by atoms with E-state index in [4.69, 9.17) is 0 Å². The van der Waals surface area contributed by atoms with Crippen LogP contribution in [0.25, 0.3) is 0 Å². The molecule has 16 heavy (non-hydrogen) atoms. The summed E-state index contributed by atoms with van der Waals surface area (Å²) in [5, 5.41) is 9.27. The topological polar surface area (TPSA) is 40.9 Å². The maximum absolute atomic E-state index is 11.2. The maximum atomic E-state index is 11.2. The minimum absolute atomic E-state index is 0.0446. The van der Waals surface area contributed by atoms with Gasteiger partial charge in [0.25, 0.3) is 0 Å². The molecule has 0 fully saturated rings. The van der Waals surface area contributed by atoms with E-state index in [1.165, 1.54) is 6.92 Å². The molecule has 1 unspecified atom stereocenters. The number of hydrogen-bond donors (Lipinski definition) is 0. The molecular weight excluding hydrogens is 198 g/mol. The number of nitriles is 1. The fraction of sp³-hybridized carbons (Fsp3) is 0.429. The molecule has 0 bridgehead atoms. The monoisotopic (exact) mass is 215 g/mol. The van der Waals surface area contributed by atoms with Crippen LogP contribution in [-0.4, -0.2) is 5.78 Å². The molecule has 2 nitrogen and oxygen atoms in total. The van der Waals surface area contributed by atoms with Crippen LogP contribution < -0.4 is 0 Å². The second-order valence-corrected chi connectivity index (χ2v) is 4.70.